The Kier molecular flexibility index (Phi) is 5.68. The van der Waals surface area contributed by atoms with Crippen LogP contribution in [0.2, 0.25) is 0 Å². The predicted molar refractivity (Wildman–Crippen MR) is 109 cm³/mol. The second kappa shape index (κ2) is 8.03. The fourth-order valence-corrected chi connectivity index (χ4v) is 4.39. The van der Waals surface area contributed by atoms with Gasteiger partial charge in [-0.25, -0.2) is 13.2 Å². The number of esters is 1. The van der Waals surface area contributed by atoms with Gasteiger partial charge in [0.1, 0.15) is 0 Å². The molecule has 3 aromatic rings. The van der Waals surface area contributed by atoms with Crippen molar-refractivity contribution in [2.45, 2.75) is 11.4 Å². The number of carbonyl (C=O) groups excluding carboxylic acids is 2. The van der Waals surface area contributed by atoms with Gasteiger partial charge in [0.2, 0.25) is 0 Å². The molecule has 1 aromatic heterocycles. The highest BCUT2D eigenvalue weighted by atomic mass is 32.2. The maximum absolute atomic E-state index is 12.7. The lowest BCUT2D eigenvalue weighted by Gasteiger charge is -2.02. The van der Waals surface area contributed by atoms with Crippen molar-refractivity contribution in [1.29, 1.82) is 0 Å². The zero-order valence-electron chi connectivity index (χ0n) is 15.6. The topological polar surface area (TPSA) is 94.8 Å². The van der Waals surface area contributed by atoms with E-state index in [1.807, 2.05) is 0 Å². The summed E-state index contributed by atoms with van der Waals surface area (Å²) in [6.45, 7) is 0.174. The molecule has 0 fully saturated rings. The summed E-state index contributed by atoms with van der Waals surface area (Å²) < 4.78 is 30.6. The van der Waals surface area contributed by atoms with Gasteiger partial charge in [-0.05, 0) is 36.4 Å². The average Bonchev–Trinajstić information content (AvgIpc) is 3.03. The first-order chi connectivity index (χ1) is 13.7. The van der Waals surface area contributed by atoms with Crippen LogP contribution in [0.5, 0.6) is 0 Å². The highest BCUT2D eigenvalue weighted by Gasteiger charge is 2.14. The zero-order chi connectivity index (χ0) is 21.2. The van der Waals surface area contributed by atoms with Crippen LogP contribution in [-0.4, -0.2) is 38.2 Å². The van der Waals surface area contributed by atoms with E-state index < -0.39 is 21.7 Å². The third kappa shape index (κ3) is 4.29. The predicted octanol–water partition coefficient (Wildman–Crippen LogP) is 2.27. The molecule has 0 spiro atoms. The molecule has 0 aliphatic rings. The van der Waals surface area contributed by atoms with E-state index in [9.17, 15) is 18.0 Å². The molecule has 1 amide bonds. The van der Waals surface area contributed by atoms with Gasteiger partial charge in [0.15, 0.2) is 14.6 Å². The highest BCUT2D eigenvalue weighted by Crippen LogP contribution is 2.20. The van der Waals surface area contributed by atoms with Gasteiger partial charge in [-0.1, -0.05) is 23.3 Å². The number of nitrogens with zero attached hydrogens (tertiary/aromatic N) is 2. The molecule has 7 nitrogen and oxygen atoms in total. The van der Waals surface area contributed by atoms with E-state index >= 15 is 0 Å². The van der Waals surface area contributed by atoms with Crippen molar-refractivity contribution in [3.05, 3.63) is 58.4 Å². The minimum Gasteiger partial charge on any atom is -0.465 e. The number of sulfone groups is 1. The molecule has 0 unspecified atom stereocenters. The summed E-state index contributed by atoms with van der Waals surface area (Å²) >= 11 is 1.19. The van der Waals surface area contributed by atoms with E-state index in [-0.39, 0.29) is 17.0 Å². The molecule has 148 valence electrons. The number of ether oxygens (including phenoxy) is 1. The number of fused-ring (bicyclic) bond motifs is 1. The van der Waals surface area contributed by atoms with Crippen molar-refractivity contribution in [3.63, 3.8) is 0 Å². The fraction of sp³-hybridized carbons (Fsp3) is 0.150. The lowest BCUT2D eigenvalue weighted by Crippen LogP contribution is -2.16. The van der Waals surface area contributed by atoms with E-state index in [4.69, 9.17) is 11.2 Å². The normalized spacial score (nSPS) is 12.0. The Morgan fingerprint density at radius 3 is 2.62 bits per heavy atom. The van der Waals surface area contributed by atoms with Crippen LogP contribution in [0.15, 0.2) is 52.4 Å². The first-order valence-electron chi connectivity index (χ1n) is 8.29. The van der Waals surface area contributed by atoms with Gasteiger partial charge in [0, 0.05) is 11.8 Å². The molecule has 0 saturated carbocycles. The van der Waals surface area contributed by atoms with Gasteiger partial charge in [-0.15, -0.1) is 6.42 Å². The first-order valence-corrected chi connectivity index (χ1v) is 11.0. The summed E-state index contributed by atoms with van der Waals surface area (Å²) in [5.74, 6) is 1.45. The lowest BCUT2D eigenvalue weighted by atomic mass is 10.2. The van der Waals surface area contributed by atoms with Crippen molar-refractivity contribution in [2.75, 3.05) is 13.4 Å². The summed E-state index contributed by atoms with van der Waals surface area (Å²) in [6, 6.07) is 10.6. The Balaban J connectivity index is 2.14. The van der Waals surface area contributed by atoms with E-state index in [0.29, 0.717) is 15.1 Å². The van der Waals surface area contributed by atoms with Crippen LogP contribution in [0.25, 0.3) is 10.2 Å². The van der Waals surface area contributed by atoms with Gasteiger partial charge in [0.25, 0.3) is 5.91 Å². The third-order valence-electron chi connectivity index (χ3n) is 4.06. The Bertz CT molecular complexity index is 1340. The van der Waals surface area contributed by atoms with Crippen molar-refractivity contribution in [1.82, 2.24) is 4.57 Å². The van der Waals surface area contributed by atoms with E-state index in [2.05, 4.69) is 10.9 Å². The first kappa shape index (κ1) is 20.5. The number of thiazole rings is 1. The molecule has 0 aliphatic carbocycles. The second-order valence-electron chi connectivity index (χ2n) is 6.07. The van der Waals surface area contributed by atoms with Crippen molar-refractivity contribution >= 4 is 43.3 Å². The minimum atomic E-state index is -3.45. The molecule has 0 atom stereocenters. The number of carbonyl (C=O) groups is 2. The monoisotopic (exact) mass is 428 g/mol. The van der Waals surface area contributed by atoms with Crippen molar-refractivity contribution in [3.8, 4) is 12.3 Å². The Morgan fingerprint density at radius 2 is 1.97 bits per heavy atom. The number of aromatic nitrogens is 1. The number of amides is 1. The Labute approximate surface area is 171 Å². The number of terminal acetylenes is 1. The molecule has 0 N–H and O–H groups in total. The molecule has 2 aromatic carbocycles. The number of benzene rings is 2. The van der Waals surface area contributed by atoms with Gasteiger partial charge in [0.05, 0.1) is 34.3 Å². The summed E-state index contributed by atoms with van der Waals surface area (Å²) in [7, 11) is -2.16. The third-order valence-corrected chi connectivity index (χ3v) is 6.21. The molecule has 0 radical (unpaired) electrons. The quantitative estimate of drug-likeness (QED) is 0.469. The standard InChI is InChI=1S/C20H16N2O5S2/c1-4-10-22-16-9-8-14(19(24)27-2)12-17(16)28-20(22)21-18(23)13-6-5-7-15(11-13)29(3,25)26/h1,5-9,11-12H,10H2,2-3H3. The molecule has 0 bridgehead atoms. The Morgan fingerprint density at radius 1 is 1.21 bits per heavy atom. The molecule has 29 heavy (non-hydrogen) atoms. The number of hydrogen-bond donors (Lipinski definition) is 0. The number of rotatable bonds is 4. The molecule has 9 heteroatoms. The van der Waals surface area contributed by atoms with Crippen LogP contribution in [-0.2, 0) is 21.1 Å². The van der Waals surface area contributed by atoms with Crippen LogP contribution in [0, 0.1) is 12.3 Å². The van der Waals surface area contributed by atoms with E-state index in [1.54, 1.807) is 22.8 Å². The van der Waals surface area contributed by atoms with Gasteiger partial charge in [-0.3, -0.25) is 4.79 Å². The van der Waals surface area contributed by atoms with Gasteiger partial charge >= 0.3 is 5.97 Å². The number of methoxy groups -OCH3 is 1. The van der Waals surface area contributed by atoms with Crippen molar-refractivity contribution in [2.24, 2.45) is 4.99 Å². The maximum Gasteiger partial charge on any atom is 0.337 e. The molecular weight excluding hydrogens is 412 g/mol. The SMILES string of the molecule is C#CCn1c(=NC(=O)c2cccc(S(C)(=O)=O)c2)sc2cc(C(=O)OC)ccc21. The zero-order valence-corrected chi connectivity index (χ0v) is 17.2. The highest BCUT2D eigenvalue weighted by molar-refractivity contribution is 7.90. The van der Waals surface area contributed by atoms with Crippen molar-refractivity contribution < 1.29 is 22.7 Å². The summed E-state index contributed by atoms with van der Waals surface area (Å²) in [5, 5.41) is 0. The van der Waals surface area contributed by atoms with Crippen LogP contribution in [0.3, 0.4) is 0 Å². The summed E-state index contributed by atoms with van der Waals surface area (Å²) in [4.78, 5) is 28.9. The van der Waals surface area contributed by atoms with Crippen LogP contribution >= 0.6 is 11.3 Å². The second-order valence-corrected chi connectivity index (χ2v) is 9.09. The minimum absolute atomic E-state index is 0.0362. The molecule has 1 heterocycles. The maximum atomic E-state index is 12.7. The largest absolute Gasteiger partial charge is 0.465 e. The van der Waals surface area contributed by atoms with Gasteiger partial charge in [-0.2, -0.15) is 4.99 Å². The molecule has 0 saturated heterocycles. The van der Waals surface area contributed by atoms with Gasteiger partial charge < -0.3 is 9.30 Å². The molecule has 0 aliphatic heterocycles. The van der Waals surface area contributed by atoms with Crippen LogP contribution in [0.4, 0.5) is 0 Å². The van der Waals surface area contributed by atoms with E-state index in [0.717, 1.165) is 11.8 Å². The fourth-order valence-electron chi connectivity index (χ4n) is 2.66. The smallest absolute Gasteiger partial charge is 0.337 e. The average molecular weight is 428 g/mol. The van der Waals surface area contributed by atoms with Crippen LogP contribution < -0.4 is 4.80 Å². The summed E-state index contributed by atoms with van der Waals surface area (Å²) in [6.07, 6.45) is 6.52. The number of hydrogen-bond acceptors (Lipinski definition) is 6. The Hall–Kier alpha value is -3.22. The lowest BCUT2D eigenvalue weighted by molar-refractivity contribution is 0.0600. The molecule has 3 rings (SSSR count). The summed E-state index contributed by atoms with van der Waals surface area (Å²) in [5.41, 5.74) is 1.23. The van der Waals surface area contributed by atoms with E-state index in [1.165, 1.54) is 42.7 Å². The molecular formula is C20H16N2O5S2. The van der Waals surface area contributed by atoms with Crippen LogP contribution in [0.1, 0.15) is 20.7 Å².